The number of furan rings is 1. The van der Waals surface area contributed by atoms with Crippen LogP contribution in [-0.2, 0) is 11.3 Å². The predicted molar refractivity (Wildman–Crippen MR) is 72.0 cm³/mol. The number of benzene rings is 1. The van der Waals surface area contributed by atoms with Gasteiger partial charge in [-0.05, 0) is 18.2 Å². The minimum atomic E-state index is -0.428. The normalized spacial score (nSPS) is 10.1. The summed E-state index contributed by atoms with van der Waals surface area (Å²) in [4.78, 5) is 11.6. The summed E-state index contributed by atoms with van der Waals surface area (Å²) in [6.45, 7) is 0.354. The quantitative estimate of drug-likeness (QED) is 0.850. The van der Waals surface area contributed by atoms with Gasteiger partial charge in [0.2, 0.25) is 5.91 Å². The Bertz CT molecular complexity index is 570. The molecule has 0 bridgehead atoms. The van der Waals surface area contributed by atoms with Gasteiger partial charge in [0.25, 0.3) is 0 Å². The van der Waals surface area contributed by atoms with E-state index in [4.69, 9.17) is 9.15 Å². The molecule has 2 aromatic rings. The molecule has 1 aromatic heterocycles. The first-order chi connectivity index (χ1) is 9.67. The van der Waals surface area contributed by atoms with E-state index in [0.717, 1.165) is 0 Å². The second-order valence-electron chi connectivity index (χ2n) is 4.09. The standard InChI is InChI=1S/C14H15FN2O3/c1-19-13-6-10(15)5-11(7-13)16-9-14(18)17-8-12-3-2-4-20-12/h2-7,16H,8-9H2,1H3,(H,17,18). The van der Waals surface area contributed by atoms with Gasteiger partial charge >= 0.3 is 0 Å². The number of methoxy groups -OCH3 is 1. The Balaban J connectivity index is 1.82. The summed E-state index contributed by atoms with van der Waals surface area (Å²) in [6, 6.07) is 7.69. The summed E-state index contributed by atoms with van der Waals surface area (Å²) < 4.78 is 23.3. The fourth-order valence-corrected chi connectivity index (χ4v) is 1.63. The molecule has 2 rings (SSSR count). The number of hydrogen-bond acceptors (Lipinski definition) is 4. The fraction of sp³-hybridized carbons (Fsp3) is 0.214. The SMILES string of the molecule is COc1cc(F)cc(NCC(=O)NCc2ccco2)c1. The van der Waals surface area contributed by atoms with E-state index < -0.39 is 5.82 Å². The second-order valence-corrected chi connectivity index (χ2v) is 4.09. The monoisotopic (exact) mass is 278 g/mol. The molecular weight excluding hydrogens is 263 g/mol. The third-order valence-corrected chi connectivity index (χ3v) is 2.60. The molecule has 6 heteroatoms. The summed E-state index contributed by atoms with van der Waals surface area (Å²) >= 11 is 0. The molecule has 0 unspecified atom stereocenters. The number of carbonyl (C=O) groups excluding carboxylic acids is 1. The van der Waals surface area contributed by atoms with Gasteiger partial charge in [0.05, 0.1) is 26.5 Å². The average Bonchev–Trinajstić information content (AvgIpc) is 2.95. The summed E-state index contributed by atoms with van der Waals surface area (Å²) in [5, 5.41) is 5.51. The highest BCUT2D eigenvalue weighted by atomic mass is 19.1. The van der Waals surface area contributed by atoms with Gasteiger partial charge < -0.3 is 19.8 Å². The molecule has 0 saturated carbocycles. The lowest BCUT2D eigenvalue weighted by Crippen LogP contribution is -2.29. The molecule has 20 heavy (non-hydrogen) atoms. The minimum Gasteiger partial charge on any atom is -0.497 e. The van der Waals surface area contributed by atoms with Crippen molar-refractivity contribution in [1.29, 1.82) is 0 Å². The van der Waals surface area contributed by atoms with Crippen LogP contribution < -0.4 is 15.4 Å². The molecule has 2 N–H and O–H groups in total. The van der Waals surface area contributed by atoms with Crippen molar-refractivity contribution in [2.75, 3.05) is 19.0 Å². The highest BCUT2D eigenvalue weighted by Crippen LogP contribution is 2.19. The molecule has 1 amide bonds. The molecule has 0 aliphatic carbocycles. The molecule has 5 nitrogen and oxygen atoms in total. The zero-order chi connectivity index (χ0) is 14.4. The van der Waals surface area contributed by atoms with Crippen molar-refractivity contribution in [3.63, 3.8) is 0 Å². The van der Waals surface area contributed by atoms with E-state index in [2.05, 4.69) is 10.6 Å². The van der Waals surface area contributed by atoms with Crippen molar-refractivity contribution >= 4 is 11.6 Å². The van der Waals surface area contributed by atoms with Crippen molar-refractivity contribution in [3.05, 3.63) is 48.2 Å². The van der Waals surface area contributed by atoms with E-state index in [1.165, 1.54) is 19.2 Å². The van der Waals surface area contributed by atoms with Gasteiger partial charge in [0.15, 0.2) is 0 Å². The van der Waals surface area contributed by atoms with Crippen LogP contribution in [0, 0.1) is 5.82 Å². The van der Waals surface area contributed by atoms with Crippen LogP contribution in [0.15, 0.2) is 41.0 Å². The zero-order valence-corrected chi connectivity index (χ0v) is 11.0. The van der Waals surface area contributed by atoms with E-state index >= 15 is 0 Å². The van der Waals surface area contributed by atoms with Crippen molar-refractivity contribution in [1.82, 2.24) is 5.32 Å². The van der Waals surface area contributed by atoms with Crippen LogP contribution >= 0.6 is 0 Å². The average molecular weight is 278 g/mol. The van der Waals surface area contributed by atoms with Gasteiger partial charge in [-0.2, -0.15) is 0 Å². The lowest BCUT2D eigenvalue weighted by Gasteiger charge is -2.08. The van der Waals surface area contributed by atoms with Crippen molar-refractivity contribution in [2.45, 2.75) is 6.54 Å². The molecule has 106 valence electrons. The maximum atomic E-state index is 13.2. The number of amides is 1. The predicted octanol–water partition coefficient (Wildman–Crippen LogP) is 2.16. The van der Waals surface area contributed by atoms with Gasteiger partial charge in [0.1, 0.15) is 17.3 Å². The highest BCUT2D eigenvalue weighted by Gasteiger charge is 2.05. The largest absolute Gasteiger partial charge is 0.497 e. The Labute approximate surface area is 115 Å². The highest BCUT2D eigenvalue weighted by molar-refractivity contribution is 5.80. The van der Waals surface area contributed by atoms with E-state index in [1.807, 2.05) is 0 Å². The zero-order valence-electron chi connectivity index (χ0n) is 11.0. The molecule has 1 aromatic carbocycles. The Morgan fingerprint density at radius 2 is 2.25 bits per heavy atom. The molecule has 0 aliphatic rings. The molecule has 0 fully saturated rings. The lowest BCUT2D eigenvalue weighted by molar-refractivity contribution is -0.119. The second kappa shape index (κ2) is 6.60. The van der Waals surface area contributed by atoms with E-state index in [9.17, 15) is 9.18 Å². The minimum absolute atomic E-state index is 0.0350. The van der Waals surface area contributed by atoms with E-state index in [0.29, 0.717) is 23.7 Å². The molecule has 0 atom stereocenters. The Morgan fingerprint density at radius 3 is 2.95 bits per heavy atom. The van der Waals surface area contributed by atoms with Crippen molar-refractivity contribution in [3.8, 4) is 5.75 Å². The Morgan fingerprint density at radius 1 is 1.40 bits per heavy atom. The van der Waals surface area contributed by atoms with Crippen LogP contribution in [0.4, 0.5) is 10.1 Å². The number of anilines is 1. The van der Waals surface area contributed by atoms with Crippen LogP contribution in [0.1, 0.15) is 5.76 Å². The van der Waals surface area contributed by atoms with Gasteiger partial charge in [-0.1, -0.05) is 0 Å². The third-order valence-electron chi connectivity index (χ3n) is 2.60. The third kappa shape index (κ3) is 4.01. The van der Waals surface area contributed by atoms with Gasteiger partial charge in [-0.15, -0.1) is 0 Å². The van der Waals surface area contributed by atoms with E-state index in [-0.39, 0.29) is 12.5 Å². The van der Waals surface area contributed by atoms with Crippen LogP contribution in [0.25, 0.3) is 0 Å². The number of nitrogens with one attached hydrogen (secondary N) is 2. The lowest BCUT2D eigenvalue weighted by atomic mass is 10.3. The Kier molecular flexibility index (Phi) is 4.60. The molecule has 0 radical (unpaired) electrons. The number of rotatable bonds is 6. The molecule has 0 spiro atoms. The number of hydrogen-bond donors (Lipinski definition) is 2. The van der Waals surface area contributed by atoms with Gasteiger partial charge in [-0.3, -0.25) is 4.79 Å². The number of halogens is 1. The molecule has 0 saturated heterocycles. The van der Waals surface area contributed by atoms with Crippen molar-refractivity contribution < 1.29 is 18.3 Å². The fourth-order valence-electron chi connectivity index (χ4n) is 1.63. The smallest absolute Gasteiger partial charge is 0.239 e. The maximum absolute atomic E-state index is 13.2. The van der Waals surface area contributed by atoms with Crippen LogP contribution in [-0.4, -0.2) is 19.6 Å². The van der Waals surface area contributed by atoms with Crippen molar-refractivity contribution in [2.24, 2.45) is 0 Å². The van der Waals surface area contributed by atoms with Crippen LogP contribution in [0.3, 0.4) is 0 Å². The van der Waals surface area contributed by atoms with E-state index in [1.54, 1.807) is 24.5 Å². The van der Waals surface area contributed by atoms with Crippen LogP contribution in [0.5, 0.6) is 5.75 Å². The first-order valence-electron chi connectivity index (χ1n) is 6.05. The molecule has 1 heterocycles. The summed E-state index contributed by atoms with van der Waals surface area (Å²) in [6.07, 6.45) is 1.54. The number of carbonyl (C=O) groups is 1. The summed E-state index contributed by atoms with van der Waals surface area (Å²) in [5.74, 6) is 0.418. The first kappa shape index (κ1) is 13.9. The first-order valence-corrected chi connectivity index (χ1v) is 6.05. The number of ether oxygens (including phenoxy) is 1. The summed E-state index contributed by atoms with van der Waals surface area (Å²) in [5.41, 5.74) is 0.481. The van der Waals surface area contributed by atoms with Gasteiger partial charge in [-0.25, -0.2) is 4.39 Å². The molecule has 0 aliphatic heterocycles. The van der Waals surface area contributed by atoms with Crippen LogP contribution in [0.2, 0.25) is 0 Å². The topological polar surface area (TPSA) is 63.5 Å². The van der Waals surface area contributed by atoms with Gasteiger partial charge in [0, 0.05) is 17.8 Å². The summed E-state index contributed by atoms with van der Waals surface area (Å²) in [7, 11) is 1.45. The Hall–Kier alpha value is -2.50. The maximum Gasteiger partial charge on any atom is 0.239 e. The molecular formula is C14H15FN2O3.